The molecule has 3 N–H and O–H groups in total. The molecule has 3 heterocycles. The summed E-state index contributed by atoms with van der Waals surface area (Å²) < 4.78 is 1.87. The highest BCUT2D eigenvalue weighted by Gasteiger charge is 2.24. The third-order valence-corrected chi connectivity index (χ3v) is 4.37. The lowest BCUT2D eigenvalue weighted by Gasteiger charge is -2.32. The number of nitrogens with zero attached hydrogens (tertiary/aromatic N) is 5. The normalized spacial score (nSPS) is 19.7. The number of aromatic nitrogens is 5. The van der Waals surface area contributed by atoms with Crippen LogP contribution in [0.15, 0.2) is 18.5 Å². The largest absolute Gasteiger partial charge is 0.340 e. The lowest BCUT2D eigenvalue weighted by molar-refractivity contribution is 0.352. The van der Waals surface area contributed by atoms with Crippen molar-refractivity contribution in [1.29, 1.82) is 0 Å². The molecule has 0 bridgehead atoms. The van der Waals surface area contributed by atoms with E-state index in [0.29, 0.717) is 5.92 Å². The highest BCUT2D eigenvalue weighted by atomic mass is 15.4. The van der Waals surface area contributed by atoms with Crippen molar-refractivity contribution in [1.82, 2.24) is 25.0 Å². The third-order valence-electron chi connectivity index (χ3n) is 4.37. The summed E-state index contributed by atoms with van der Waals surface area (Å²) >= 11 is 0. The molecular formula is C14H23N7. The maximum Gasteiger partial charge on any atom is 0.244 e. The lowest BCUT2D eigenvalue weighted by atomic mass is 9.91. The zero-order valence-electron chi connectivity index (χ0n) is 12.6. The molecule has 2 aromatic heterocycles. The summed E-state index contributed by atoms with van der Waals surface area (Å²) in [6.07, 6.45) is 5.92. The van der Waals surface area contributed by atoms with E-state index in [9.17, 15) is 0 Å². The Hall–Kier alpha value is -1.89. The average Bonchev–Trinajstić information content (AvgIpc) is 3.18. The standard InChI is InChI=1S/C14H23N7/c1-10(15)12-4-8-20(9-5-12)14-17-13(18-19-14)11(2)21-7-3-6-16-21/h3,6-7,10-12H,4-5,8-9,15H2,1-2H3,(H,17,18,19). The van der Waals surface area contributed by atoms with Crippen LogP contribution in [0.25, 0.3) is 0 Å². The van der Waals surface area contributed by atoms with Crippen LogP contribution in [-0.4, -0.2) is 44.1 Å². The Labute approximate surface area is 124 Å². The van der Waals surface area contributed by atoms with E-state index in [0.717, 1.165) is 37.7 Å². The summed E-state index contributed by atoms with van der Waals surface area (Å²) in [6.45, 7) is 6.09. The zero-order chi connectivity index (χ0) is 14.8. The van der Waals surface area contributed by atoms with Gasteiger partial charge in [0.1, 0.15) is 6.04 Å². The van der Waals surface area contributed by atoms with Gasteiger partial charge in [0.2, 0.25) is 5.95 Å². The van der Waals surface area contributed by atoms with Crippen molar-refractivity contribution in [2.24, 2.45) is 11.7 Å². The second kappa shape index (κ2) is 5.85. The van der Waals surface area contributed by atoms with Gasteiger partial charge in [0, 0.05) is 31.5 Å². The Morgan fingerprint density at radius 1 is 1.33 bits per heavy atom. The van der Waals surface area contributed by atoms with Gasteiger partial charge in [0.15, 0.2) is 5.82 Å². The van der Waals surface area contributed by atoms with Gasteiger partial charge in [0.05, 0.1) is 0 Å². The highest BCUT2D eigenvalue weighted by Crippen LogP contribution is 2.23. The number of rotatable bonds is 4. The van der Waals surface area contributed by atoms with E-state index < -0.39 is 0 Å². The van der Waals surface area contributed by atoms with Crippen LogP contribution in [-0.2, 0) is 0 Å². The summed E-state index contributed by atoms with van der Waals surface area (Å²) in [5, 5.41) is 11.6. The molecule has 7 nitrogen and oxygen atoms in total. The molecule has 0 saturated carbocycles. The molecule has 21 heavy (non-hydrogen) atoms. The second-order valence-corrected chi connectivity index (χ2v) is 5.87. The van der Waals surface area contributed by atoms with Gasteiger partial charge >= 0.3 is 0 Å². The van der Waals surface area contributed by atoms with Crippen molar-refractivity contribution in [3.8, 4) is 0 Å². The molecule has 0 aromatic carbocycles. The van der Waals surface area contributed by atoms with Crippen molar-refractivity contribution in [3.05, 3.63) is 24.3 Å². The van der Waals surface area contributed by atoms with E-state index >= 15 is 0 Å². The summed E-state index contributed by atoms with van der Waals surface area (Å²) in [5.74, 6) is 2.23. The first-order chi connectivity index (χ1) is 10.1. The molecule has 0 spiro atoms. The van der Waals surface area contributed by atoms with Gasteiger partial charge in [-0.1, -0.05) is 0 Å². The molecule has 7 heteroatoms. The van der Waals surface area contributed by atoms with Crippen molar-refractivity contribution >= 4 is 5.95 Å². The minimum Gasteiger partial charge on any atom is -0.340 e. The molecule has 2 aromatic rings. The number of piperidine rings is 1. The number of H-pyrrole nitrogens is 1. The van der Waals surface area contributed by atoms with Crippen molar-refractivity contribution < 1.29 is 0 Å². The second-order valence-electron chi connectivity index (χ2n) is 5.87. The van der Waals surface area contributed by atoms with Gasteiger partial charge in [-0.05, 0) is 38.7 Å². The maximum atomic E-state index is 5.98. The van der Waals surface area contributed by atoms with Crippen LogP contribution in [0.5, 0.6) is 0 Å². The number of nitrogens with two attached hydrogens (primary N) is 1. The van der Waals surface area contributed by atoms with E-state index in [1.807, 2.05) is 16.9 Å². The van der Waals surface area contributed by atoms with E-state index in [1.54, 1.807) is 6.20 Å². The average molecular weight is 289 g/mol. The molecule has 0 radical (unpaired) electrons. The van der Waals surface area contributed by atoms with Crippen LogP contribution in [0.1, 0.15) is 38.6 Å². The number of anilines is 1. The first-order valence-corrected chi connectivity index (χ1v) is 7.57. The number of aromatic amines is 1. The van der Waals surface area contributed by atoms with Crippen LogP contribution in [0.2, 0.25) is 0 Å². The molecule has 1 saturated heterocycles. The number of hydrogen-bond acceptors (Lipinski definition) is 5. The van der Waals surface area contributed by atoms with Crippen molar-refractivity contribution in [2.45, 2.75) is 38.8 Å². The van der Waals surface area contributed by atoms with Gasteiger partial charge in [-0.15, -0.1) is 5.10 Å². The molecule has 2 atom stereocenters. The topological polar surface area (TPSA) is 88.6 Å². The molecule has 0 amide bonds. The quantitative estimate of drug-likeness (QED) is 0.882. The fourth-order valence-corrected chi connectivity index (χ4v) is 2.85. The van der Waals surface area contributed by atoms with Gasteiger partial charge in [-0.3, -0.25) is 9.78 Å². The number of nitrogens with one attached hydrogen (secondary N) is 1. The minimum absolute atomic E-state index is 0.0582. The molecule has 3 rings (SSSR count). The zero-order valence-corrected chi connectivity index (χ0v) is 12.6. The Balaban J connectivity index is 1.66. The van der Waals surface area contributed by atoms with Gasteiger partial charge < -0.3 is 10.6 Å². The predicted octanol–water partition coefficient (Wildman–Crippen LogP) is 1.17. The highest BCUT2D eigenvalue weighted by molar-refractivity contribution is 5.29. The third kappa shape index (κ3) is 2.92. The van der Waals surface area contributed by atoms with E-state index in [1.165, 1.54) is 0 Å². The fourth-order valence-electron chi connectivity index (χ4n) is 2.85. The first-order valence-electron chi connectivity index (χ1n) is 7.57. The van der Waals surface area contributed by atoms with Crippen LogP contribution in [0.4, 0.5) is 5.95 Å². The van der Waals surface area contributed by atoms with Crippen LogP contribution >= 0.6 is 0 Å². The van der Waals surface area contributed by atoms with Gasteiger partial charge in [-0.2, -0.15) is 10.1 Å². The Kier molecular flexibility index (Phi) is 3.92. The van der Waals surface area contributed by atoms with Gasteiger partial charge in [-0.25, -0.2) is 0 Å². The summed E-state index contributed by atoms with van der Waals surface area (Å²) in [6, 6.07) is 2.24. The minimum atomic E-state index is 0.0582. The molecule has 1 aliphatic heterocycles. The molecule has 2 unspecified atom stereocenters. The van der Waals surface area contributed by atoms with Crippen molar-refractivity contribution in [3.63, 3.8) is 0 Å². The summed E-state index contributed by atoms with van der Waals surface area (Å²) in [5.41, 5.74) is 5.98. The van der Waals surface area contributed by atoms with Crippen molar-refractivity contribution in [2.75, 3.05) is 18.0 Å². The van der Waals surface area contributed by atoms with Crippen LogP contribution in [0.3, 0.4) is 0 Å². The van der Waals surface area contributed by atoms with E-state index in [4.69, 9.17) is 5.73 Å². The fraction of sp³-hybridized carbons (Fsp3) is 0.643. The molecule has 1 fully saturated rings. The summed E-state index contributed by atoms with van der Waals surface area (Å²) in [7, 11) is 0. The Morgan fingerprint density at radius 3 is 2.71 bits per heavy atom. The smallest absolute Gasteiger partial charge is 0.244 e. The van der Waals surface area contributed by atoms with E-state index in [2.05, 4.69) is 39.0 Å². The molecular weight excluding hydrogens is 266 g/mol. The monoisotopic (exact) mass is 289 g/mol. The first kappa shape index (κ1) is 14.1. The molecule has 114 valence electrons. The molecule has 1 aliphatic rings. The van der Waals surface area contributed by atoms with Crippen LogP contribution < -0.4 is 10.6 Å². The SMILES string of the molecule is CC(N)C1CCN(c2n[nH]c(C(C)n3cccn3)n2)CC1. The Bertz CT molecular complexity index is 552. The lowest BCUT2D eigenvalue weighted by Crippen LogP contribution is -2.40. The summed E-state index contributed by atoms with van der Waals surface area (Å²) in [4.78, 5) is 6.86. The maximum absolute atomic E-state index is 5.98. The molecule has 0 aliphatic carbocycles. The number of hydrogen-bond donors (Lipinski definition) is 2. The van der Waals surface area contributed by atoms with E-state index in [-0.39, 0.29) is 12.1 Å². The van der Waals surface area contributed by atoms with Gasteiger partial charge in [0.25, 0.3) is 0 Å². The predicted molar refractivity (Wildman–Crippen MR) is 81.0 cm³/mol. The Morgan fingerprint density at radius 2 is 2.10 bits per heavy atom. The van der Waals surface area contributed by atoms with Crippen LogP contribution in [0, 0.1) is 5.92 Å².